The van der Waals surface area contributed by atoms with Gasteiger partial charge in [-0.2, -0.15) is 0 Å². The number of hydrogen-bond acceptors (Lipinski definition) is 2. The highest BCUT2D eigenvalue weighted by Gasteiger charge is 2.56. The van der Waals surface area contributed by atoms with Crippen LogP contribution in [0.1, 0.15) is 33.1 Å². The molecular weight excluding hydrogens is 220 g/mol. The number of carbonyl (C=O) groups is 1. The Hall–Kier alpha value is -0.0500. The molecule has 3 heteroatoms. The largest absolute Gasteiger partial charge is 0.465 e. The van der Waals surface area contributed by atoms with E-state index < -0.39 is 0 Å². The fourth-order valence-corrected chi connectivity index (χ4v) is 1.86. The van der Waals surface area contributed by atoms with Crippen molar-refractivity contribution < 1.29 is 9.53 Å². The van der Waals surface area contributed by atoms with Crippen LogP contribution in [0.15, 0.2) is 0 Å². The lowest BCUT2D eigenvalue weighted by Gasteiger charge is -2.08. The highest BCUT2D eigenvalue weighted by Crippen LogP contribution is 2.51. The molecule has 0 radical (unpaired) electrons. The van der Waals surface area contributed by atoms with Gasteiger partial charge in [0.15, 0.2) is 0 Å². The highest BCUT2D eigenvalue weighted by molar-refractivity contribution is 9.09. The molecule has 0 amide bonds. The number of hydrogen-bond donors (Lipinski definition) is 0. The van der Waals surface area contributed by atoms with Crippen molar-refractivity contribution >= 4 is 21.9 Å². The minimum atomic E-state index is -0.228. The summed E-state index contributed by atoms with van der Waals surface area (Å²) in [6.07, 6.45) is 2.95. The lowest BCUT2D eigenvalue weighted by atomic mass is 10.1. The van der Waals surface area contributed by atoms with Gasteiger partial charge in [0.05, 0.1) is 12.0 Å². The van der Waals surface area contributed by atoms with Gasteiger partial charge in [0.2, 0.25) is 0 Å². The quantitative estimate of drug-likeness (QED) is 0.425. The maximum absolute atomic E-state index is 11.4. The molecule has 1 saturated carbocycles. The van der Waals surface area contributed by atoms with E-state index in [2.05, 4.69) is 22.9 Å². The average Bonchev–Trinajstić information content (AvgIpc) is 2.62. The summed E-state index contributed by atoms with van der Waals surface area (Å²) in [7, 11) is 0. The molecule has 0 N–H and O–H groups in total. The van der Waals surface area contributed by atoms with E-state index in [0.717, 1.165) is 19.3 Å². The number of carbonyl (C=O) groups excluding carboxylic acids is 1. The van der Waals surface area contributed by atoms with Crippen molar-refractivity contribution in [3.63, 3.8) is 0 Å². The molecule has 0 aromatic rings. The summed E-state index contributed by atoms with van der Waals surface area (Å²) >= 11 is 3.41. The molecule has 0 spiro atoms. The van der Waals surface area contributed by atoms with Gasteiger partial charge in [-0.15, -0.1) is 0 Å². The second kappa shape index (κ2) is 3.77. The van der Waals surface area contributed by atoms with Crippen molar-refractivity contribution in [1.29, 1.82) is 0 Å². The van der Waals surface area contributed by atoms with Crippen LogP contribution in [-0.2, 0) is 9.53 Å². The van der Waals surface area contributed by atoms with Crippen molar-refractivity contribution in [2.45, 2.75) is 37.9 Å². The molecule has 0 aromatic carbocycles. The summed E-state index contributed by atoms with van der Waals surface area (Å²) < 4.78 is 5.11. The third kappa shape index (κ3) is 2.00. The maximum Gasteiger partial charge on any atom is 0.312 e. The van der Waals surface area contributed by atoms with Crippen LogP contribution in [-0.4, -0.2) is 17.4 Å². The Morgan fingerprint density at radius 2 is 2.33 bits per heavy atom. The first-order valence-corrected chi connectivity index (χ1v) is 5.34. The third-order valence-corrected chi connectivity index (χ3v) is 3.67. The predicted molar refractivity (Wildman–Crippen MR) is 51.3 cm³/mol. The smallest absolute Gasteiger partial charge is 0.312 e. The molecule has 2 atom stereocenters. The van der Waals surface area contributed by atoms with Crippen LogP contribution in [0.2, 0.25) is 0 Å². The molecule has 0 unspecified atom stereocenters. The number of alkyl halides is 1. The molecule has 12 heavy (non-hydrogen) atoms. The molecule has 1 fully saturated rings. The van der Waals surface area contributed by atoms with Gasteiger partial charge in [0, 0.05) is 4.83 Å². The van der Waals surface area contributed by atoms with Crippen LogP contribution in [0.3, 0.4) is 0 Å². The van der Waals surface area contributed by atoms with E-state index >= 15 is 0 Å². The van der Waals surface area contributed by atoms with Gasteiger partial charge in [-0.05, 0) is 19.8 Å². The second-order valence-electron chi connectivity index (χ2n) is 3.58. The van der Waals surface area contributed by atoms with Crippen LogP contribution < -0.4 is 0 Å². The second-order valence-corrected chi connectivity index (χ2v) is 4.68. The number of esters is 1. The first-order chi connectivity index (χ1) is 5.61. The standard InChI is InChI=1S/C9H15BrO2/c1-3-4-5-12-8(11)9(2)6-7(9)10/h7H,3-6H2,1-2H3/t7-,9-/m1/s1. The van der Waals surface area contributed by atoms with E-state index in [1.807, 2.05) is 6.92 Å². The van der Waals surface area contributed by atoms with Crippen LogP contribution in [0.5, 0.6) is 0 Å². The van der Waals surface area contributed by atoms with Gasteiger partial charge >= 0.3 is 5.97 Å². The molecule has 0 heterocycles. The number of unbranched alkanes of at least 4 members (excludes halogenated alkanes) is 1. The SMILES string of the molecule is CCCCOC(=O)[C@]1(C)C[C@H]1Br. The minimum Gasteiger partial charge on any atom is -0.465 e. The van der Waals surface area contributed by atoms with E-state index in [-0.39, 0.29) is 11.4 Å². The Balaban J connectivity index is 2.21. The molecule has 1 rings (SSSR count). The molecule has 0 aliphatic heterocycles. The predicted octanol–water partition coefficient (Wildman–Crippen LogP) is 2.50. The topological polar surface area (TPSA) is 26.3 Å². The first kappa shape index (κ1) is 10.0. The summed E-state index contributed by atoms with van der Waals surface area (Å²) in [4.78, 5) is 11.7. The van der Waals surface area contributed by atoms with Crippen LogP contribution in [0.25, 0.3) is 0 Å². The number of ether oxygens (including phenoxy) is 1. The molecule has 0 bridgehead atoms. The Labute approximate surface area is 81.8 Å². The van der Waals surface area contributed by atoms with Gasteiger partial charge in [-0.3, -0.25) is 4.79 Å². The molecule has 70 valence electrons. The van der Waals surface area contributed by atoms with Gasteiger partial charge in [0.25, 0.3) is 0 Å². The van der Waals surface area contributed by atoms with Gasteiger partial charge in [-0.1, -0.05) is 29.3 Å². The lowest BCUT2D eigenvalue weighted by molar-refractivity contribution is -0.149. The Kier molecular flexibility index (Phi) is 3.16. The molecule has 1 aliphatic rings. The monoisotopic (exact) mass is 234 g/mol. The molecular formula is C9H15BrO2. The van der Waals surface area contributed by atoms with Crippen LogP contribution in [0.4, 0.5) is 0 Å². The van der Waals surface area contributed by atoms with Crippen molar-refractivity contribution in [2.75, 3.05) is 6.61 Å². The van der Waals surface area contributed by atoms with Crippen molar-refractivity contribution in [3.8, 4) is 0 Å². The number of halogens is 1. The van der Waals surface area contributed by atoms with E-state index in [9.17, 15) is 4.79 Å². The van der Waals surface area contributed by atoms with Gasteiger partial charge in [0.1, 0.15) is 0 Å². The Bertz CT molecular complexity index is 181. The van der Waals surface area contributed by atoms with Gasteiger partial charge < -0.3 is 4.74 Å². The van der Waals surface area contributed by atoms with E-state index in [4.69, 9.17) is 4.74 Å². The van der Waals surface area contributed by atoms with Crippen LogP contribution in [0, 0.1) is 5.41 Å². The summed E-state index contributed by atoms with van der Waals surface area (Å²) in [5.74, 6) is -0.0437. The molecule has 0 saturated heterocycles. The highest BCUT2D eigenvalue weighted by atomic mass is 79.9. The summed E-state index contributed by atoms with van der Waals surface area (Å²) in [6, 6.07) is 0. The normalized spacial score (nSPS) is 33.1. The minimum absolute atomic E-state index is 0.0437. The summed E-state index contributed by atoms with van der Waals surface area (Å²) in [6.45, 7) is 4.60. The van der Waals surface area contributed by atoms with Gasteiger partial charge in [-0.25, -0.2) is 0 Å². The zero-order valence-electron chi connectivity index (χ0n) is 7.60. The molecule has 2 nitrogen and oxygen atoms in total. The third-order valence-electron chi connectivity index (χ3n) is 2.33. The van der Waals surface area contributed by atoms with E-state index in [1.165, 1.54) is 0 Å². The van der Waals surface area contributed by atoms with E-state index in [0.29, 0.717) is 11.4 Å². The number of rotatable bonds is 4. The lowest BCUT2D eigenvalue weighted by Crippen LogP contribution is -2.18. The first-order valence-electron chi connectivity index (χ1n) is 4.42. The fourth-order valence-electron chi connectivity index (χ4n) is 0.999. The molecule has 1 aliphatic carbocycles. The zero-order valence-corrected chi connectivity index (χ0v) is 9.19. The van der Waals surface area contributed by atoms with Crippen molar-refractivity contribution in [3.05, 3.63) is 0 Å². The van der Waals surface area contributed by atoms with Crippen molar-refractivity contribution in [2.24, 2.45) is 5.41 Å². The molecule has 0 aromatic heterocycles. The summed E-state index contributed by atoms with van der Waals surface area (Å²) in [5.41, 5.74) is -0.228. The fraction of sp³-hybridized carbons (Fsp3) is 0.889. The van der Waals surface area contributed by atoms with Crippen molar-refractivity contribution in [1.82, 2.24) is 0 Å². The van der Waals surface area contributed by atoms with Crippen LogP contribution >= 0.6 is 15.9 Å². The maximum atomic E-state index is 11.4. The average molecular weight is 235 g/mol. The Morgan fingerprint density at radius 1 is 1.75 bits per heavy atom. The summed E-state index contributed by atoms with van der Waals surface area (Å²) in [5, 5.41) is 0. The Morgan fingerprint density at radius 3 is 2.75 bits per heavy atom. The zero-order chi connectivity index (χ0) is 9.19. The van der Waals surface area contributed by atoms with E-state index in [1.54, 1.807) is 0 Å².